The van der Waals surface area contributed by atoms with Gasteiger partial charge in [-0.2, -0.15) is 5.26 Å². The molecule has 0 aromatic heterocycles. The highest BCUT2D eigenvalue weighted by Crippen LogP contribution is 2.29. The molecule has 18 heavy (non-hydrogen) atoms. The molecule has 0 amide bonds. The number of benzene rings is 1. The minimum absolute atomic E-state index is 0.639. The van der Waals surface area contributed by atoms with Crippen LogP contribution >= 0.6 is 0 Å². The molecular weight excluding hydrogens is 220 g/mol. The van der Waals surface area contributed by atoms with Crippen molar-refractivity contribution in [1.29, 1.82) is 5.26 Å². The van der Waals surface area contributed by atoms with Gasteiger partial charge in [-0.1, -0.05) is 17.7 Å². The van der Waals surface area contributed by atoms with E-state index in [0.717, 1.165) is 19.1 Å². The van der Waals surface area contributed by atoms with Crippen LogP contribution in [0.2, 0.25) is 0 Å². The largest absolute Gasteiger partial charge is 0.295 e. The molecule has 1 saturated carbocycles. The number of aryl methyl sites for hydroxylation is 3. The molecule has 0 bridgehead atoms. The molecule has 0 saturated heterocycles. The zero-order valence-electron chi connectivity index (χ0n) is 11.7. The molecule has 96 valence electrons. The summed E-state index contributed by atoms with van der Waals surface area (Å²) < 4.78 is 0. The fourth-order valence-electron chi connectivity index (χ4n) is 2.69. The van der Waals surface area contributed by atoms with Crippen molar-refractivity contribution in [2.24, 2.45) is 0 Å². The number of hydrogen-bond acceptors (Lipinski definition) is 2. The van der Waals surface area contributed by atoms with Crippen LogP contribution in [0.25, 0.3) is 0 Å². The Morgan fingerprint density at radius 1 is 1.22 bits per heavy atom. The minimum Gasteiger partial charge on any atom is -0.295 e. The second kappa shape index (κ2) is 5.54. The molecule has 0 radical (unpaired) electrons. The molecule has 0 N–H and O–H groups in total. The predicted octanol–water partition coefficient (Wildman–Crippen LogP) is 3.49. The molecule has 0 heterocycles. The molecule has 0 unspecified atom stereocenters. The van der Waals surface area contributed by atoms with E-state index in [1.54, 1.807) is 0 Å². The highest BCUT2D eigenvalue weighted by molar-refractivity contribution is 5.37. The minimum atomic E-state index is 0.639. The number of rotatable bonds is 5. The predicted molar refractivity (Wildman–Crippen MR) is 74.3 cm³/mol. The van der Waals surface area contributed by atoms with Crippen molar-refractivity contribution >= 4 is 0 Å². The lowest BCUT2D eigenvalue weighted by atomic mass is 9.99. The lowest BCUT2D eigenvalue weighted by Gasteiger charge is -2.23. The van der Waals surface area contributed by atoms with Gasteiger partial charge in [0.25, 0.3) is 0 Å². The van der Waals surface area contributed by atoms with E-state index >= 15 is 0 Å². The van der Waals surface area contributed by atoms with Crippen molar-refractivity contribution in [2.75, 3.05) is 6.54 Å². The van der Waals surface area contributed by atoms with E-state index in [1.165, 1.54) is 35.1 Å². The maximum atomic E-state index is 8.75. The summed E-state index contributed by atoms with van der Waals surface area (Å²) in [6, 6.07) is 7.51. The standard InChI is InChI=1S/C16H22N2/c1-12-9-13(2)16(14(3)10-12)11-18(8-4-7-17)15-5-6-15/h9-10,15H,4-6,8,11H2,1-3H3. The fourth-order valence-corrected chi connectivity index (χ4v) is 2.69. The Balaban J connectivity index is 2.13. The first-order valence-corrected chi connectivity index (χ1v) is 6.79. The molecule has 2 nitrogen and oxygen atoms in total. The lowest BCUT2D eigenvalue weighted by molar-refractivity contribution is 0.260. The van der Waals surface area contributed by atoms with Crippen LogP contribution in [0, 0.1) is 32.1 Å². The van der Waals surface area contributed by atoms with Gasteiger partial charge in [0.05, 0.1) is 6.07 Å². The van der Waals surface area contributed by atoms with Gasteiger partial charge in [0.1, 0.15) is 0 Å². The molecule has 2 rings (SSSR count). The summed E-state index contributed by atoms with van der Waals surface area (Å²) >= 11 is 0. The molecule has 1 aliphatic carbocycles. The van der Waals surface area contributed by atoms with Gasteiger partial charge in [0.2, 0.25) is 0 Å². The smallest absolute Gasteiger partial charge is 0.0635 e. The van der Waals surface area contributed by atoms with Crippen LogP contribution in [-0.2, 0) is 6.54 Å². The van der Waals surface area contributed by atoms with E-state index in [-0.39, 0.29) is 0 Å². The molecule has 1 aliphatic rings. The van der Waals surface area contributed by atoms with Crippen LogP contribution in [0.1, 0.15) is 41.5 Å². The Bertz CT molecular complexity index is 443. The Hall–Kier alpha value is -1.33. The van der Waals surface area contributed by atoms with Crippen molar-refractivity contribution in [3.63, 3.8) is 0 Å². The Morgan fingerprint density at radius 3 is 2.33 bits per heavy atom. The van der Waals surface area contributed by atoms with Crippen LogP contribution in [-0.4, -0.2) is 17.5 Å². The first-order valence-electron chi connectivity index (χ1n) is 6.79. The van der Waals surface area contributed by atoms with Crippen LogP contribution in [0.5, 0.6) is 0 Å². The van der Waals surface area contributed by atoms with Crippen LogP contribution in [0.4, 0.5) is 0 Å². The van der Waals surface area contributed by atoms with E-state index in [2.05, 4.69) is 43.9 Å². The second-order valence-electron chi connectivity index (χ2n) is 5.49. The summed E-state index contributed by atoms with van der Waals surface area (Å²) in [6.45, 7) is 8.46. The summed E-state index contributed by atoms with van der Waals surface area (Å²) in [5.41, 5.74) is 5.56. The van der Waals surface area contributed by atoms with Gasteiger partial charge in [-0.05, 0) is 50.3 Å². The number of hydrogen-bond donors (Lipinski definition) is 0. The monoisotopic (exact) mass is 242 g/mol. The molecule has 2 heteroatoms. The first-order chi connectivity index (χ1) is 8.61. The average molecular weight is 242 g/mol. The third-order valence-corrected chi connectivity index (χ3v) is 3.78. The van der Waals surface area contributed by atoms with E-state index in [0.29, 0.717) is 6.42 Å². The number of nitriles is 1. The fraction of sp³-hybridized carbons (Fsp3) is 0.562. The summed E-state index contributed by atoms with van der Waals surface area (Å²) in [6.07, 6.45) is 3.24. The molecular formula is C16H22N2. The van der Waals surface area contributed by atoms with Gasteiger partial charge in [0.15, 0.2) is 0 Å². The molecule has 0 spiro atoms. The number of nitrogens with zero attached hydrogens (tertiary/aromatic N) is 2. The van der Waals surface area contributed by atoms with Crippen LogP contribution in [0.3, 0.4) is 0 Å². The highest BCUT2D eigenvalue weighted by Gasteiger charge is 2.29. The van der Waals surface area contributed by atoms with Crippen molar-refractivity contribution in [2.45, 2.75) is 52.6 Å². The van der Waals surface area contributed by atoms with Gasteiger partial charge in [-0.3, -0.25) is 4.90 Å². The normalized spacial score (nSPS) is 14.8. The SMILES string of the molecule is Cc1cc(C)c(CN(CCC#N)C2CC2)c(C)c1. The third-order valence-electron chi connectivity index (χ3n) is 3.78. The quantitative estimate of drug-likeness (QED) is 0.790. The molecule has 1 aromatic carbocycles. The van der Waals surface area contributed by atoms with Crippen molar-refractivity contribution < 1.29 is 0 Å². The lowest BCUT2D eigenvalue weighted by Crippen LogP contribution is -2.27. The van der Waals surface area contributed by atoms with E-state index in [9.17, 15) is 0 Å². The van der Waals surface area contributed by atoms with Gasteiger partial charge >= 0.3 is 0 Å². The molecule has 1 aromatic rings. The summed E-state index contributed by atoms with van der Waals surface area (Å²) in [4.78, 5) is 2.48. The third kappa shape index (κ3) is 3.11. The van der Waals surface area contributed by atoms with Crippen molar-refractivity contribution in [3.8, 4) is 6.07 Å². The zero-order chi connectivity index (χ0) is 13.1. The maximum absolute atomic E-state index is 8.75. The molecule has 0 atom stereocenters. The van der Waals surface area contributed by atoms with Crippen molar-refractivity contribution in [3.05, 3.63) is 34.4 Å². The summed E-state index contributed by atoms with van der Waals surface area (Å²) in [5.74, 6) is 0. The highest BCUT2D eigenvalue weighted by atomic mass is 15.2. The van der Waals surface area contributed by atoms with E-state index < -0.39 is 0 Å². The Labute approximate surface area is 110 Å². The Kier molecular flexibility index (Phi) is 4.04. The Morgan fingerprint density at radius 2 is 1.83 bits per heavy atom. The zero-order valence-corrected chi connectivity index (χ0v) is 11.7. The van der Waals surface area contributed by atoms with E-state index in [4.69, 9.17) is 5.26 Å². The maximum Gasteiger partial charge on any atom is 0.0635 e. The van der Waals surface area contributed by atoms with Gasteiger partial charge in [-0.15, -0.1) is 0 Å². The van der Waals surface area contributed by atoms with Gasteiger partial charge in [-0.25, -0.2) is 0 Å². The van der Waals surface area contributed by atoms with Gasteiger partial charge in [0, 0.05) is 25.6 Å². The summed E-state index contributed by atoms with van der Waals surface area (Å²) in [5, 5.41) is 8.75. The first kappa shape index (κ1) is 13.1. The topological polar surface area (TPSA) is 27.0 Å². The molecule has 0 aliphatic heterocycles. The molecule has 1 fully saturated rings. The van der Waals surface area contributed by atoms with Crippen LogP contribution < -0.4 is 0 Å². The van der Waals surface area contributed by atoms with Crippen LogP contribution in [0.15, 0.2) is 12.1 Å². The summed E-state index contributed by atoms with van der Waals surface area (Å²) in [7, 11) is 0. The van der Waals surface area contributed by atoms with E-state index in [1.807, 2.05) is 0 Å². The average Bonchev–Trinajstić information content (AvgIpc) is 3.11. The van der Waals surface area contributed by atoms with Crippen molar-refractivity contribution in [1.82, 2.24) is 4.90 Å². The second-order valence-corrected chi connectivity index (χ2v) is 5.49. The van der Waals surface area contributed by atoms with Gasteiger partial charge < -0.3 is 0 Å².